The number of carbonyl (C=O) groups is 1. The number of benzene rings is 2. The zero-order valence-corrected chi connectivity index (χ0v) is 18.0. The smallest absolute Gasteiger partial charge is 0.298 e. The maximum atomic E-state index is 13.0. The van der Waals surface area contributed by atoms with Crippen LogP contribution in [0.1, 0.15) is 23.2 Å². The highest BCUT2D eigenvalue weighted by Gasteiger charge is 2.23. The van der Waals surface area contributed by atoms with Crippen LogP contribution in [-0.2, 0) is 6.54 Å². The van der Waals surface area contributed by atoms with E-state index in [2.05, 4.69) is 4.90 Å². The van der Waals surface area contributed by atoms with Crippen LogP contribution in [0.3, 0.4) is 0 Å². The summed E-state index contributed by atoms with van der Waals surface area (Å²) in [6.07, 6.45) is 1.86. The van der Waals surface area contributed by atoms with E-state index in [1.165, 1.54) is 35.6 Å². The van der Waals surface area contributed by atoms with Crippen molar-refractivity contribution < 1.29 is 9.18 Å². The minimum atomic E-state index is -0.338. The minimum Gasteiger partial charge on any atom is -0.298 e. The van der Waals surface area contributed by atoms with E-state index in [0.717, 1.165) is 36.1 Å². The third-order valence-electron chi connectivity index (χ3n) is 5.31. The summed E-state index contributed by atoms with van der Waals surface area (Å²) in [5, 5.41) is 0.633. The Bertz CT molecular complexity index is 1060. The van der Waals surface area contributed by atoms with Crippen LogP contribution in [0.4, 0.5) is 4.39 Å². The Morgan fingerprint density at radius 3 is 2.52 bits per heavy atom. The summed E-state index contributed by atoms with van der Waals surface area (Å²) in [6.45, 7) is 2.65. The average molecular weight is 455 g/mol. The SMILES string of the molecule is Cl.O=C(CN1CCC(Cn2c(=O)sc3ccc(Cl)cc32)CC1)c1ccc(F)cc1. The van der Waals surface area contributed by atoms with Crippen LogP contribution < -0.4 is 4.87 Å². The largest absolute Gasteiger partial charge is 0.308 e. The number of ketones is 1. The second-order valence-electron chi connectivity index (χ2n) is 7.24. The standard InChI is InChI=1S/C21H20ClFN2O2S.ClH/c22-16-3-6-20-18(11-16)25(21(27)28-20)12-14-7-9-24(10-8-14)13-19(26)15-1-4-17(23)5-2-15;/h1-6,11,14H,7-10,12-13H2;1H. The fraction of sp³-hybridized carbons (Fsp3) is 0.333. The van der Waals surface area contributed by atoms with Crippen molar-refractivity contribution in [2.24, 2.45) is 5.92 Å². The Labute approximate surface area is 183 Å². The van der Waals surface area contributed by atoms with E-state index >= 15 is 0 Å². The third kappa shape index (κ3) is 5.07. The van der Waals surface area contributed by atoms with Gasteiger partial charge in [-0.05, 0) is 74.3 Å². The molecule has 0 amide bonds. The maximum Gasteiger partial charge on any atom is 0.308 e. The molecule has 1 fully saturated rings. The molecule has 4 rings (SSSR count). The molecule has 29 heavy (non-hydrogen) atoms. The predicted octanol–water partition coefficient (Wildman–Crippen LogP) is 4.87. The lowest BCUT2D eigenvalue weighted by molar-refractivity contribution is 0.0890. The van der Waals surface area contributed by atoms with Gasteiger partial charge in [-0.15, -0.1) is 12.4 Å². The quantitative estimate of drug-likeness (QED) is 0.516. The van der Waals surface area contributed by atoms with Crippen molar-refractivity contribution >= 4 is 51.3 Å². The Morgan fingerprint density at radius 2 is 1.83 bits per heavy atom. The van der Waals surface area contributed by atoms with Crippen LogP contribution in [0.25, 0.3) is 10.2 Å². The number of fused-ring (bicyclic) bond motifs is 1. The molecule has 0 N–H and O–H groups in total. The topological polar surface area (TPSA) is 42.3 Å². The van der Waals surface area contributed by atoms with Gasteiger partial charge in [-0.3, -0.25) is 19.1 Å². The number of nitrogens with zero attached hydrogens (tertiary/aromatic N) is 2. The monoisotopic (exact) mass is 454 g/mol. The summed E-state index contributed by atoms with van der Waals surface area (Å²) in [5.74, 6) is 0.0645. The summed E-state index contributed by atoms with van der Waals surface area (Å²) in [4.78, 5) is 26.9. The molecule has 1 aromatic heterocycles. The fourth-order valence-corrected chi connectivity index (χ4v) is 4.77. The van der Waals surface area contributed by atoms with Gasteiger partial charge in [-0.2, -0.15) is 0 Å². The van der Waals surface area contributed by atoms with Gasteiger partial charge in [-0.1, -0.05) is 22.9 Å². The van der Waals surface area contributed by atoms with E-state index in [0.29, 0.717) is 29.6 Å². The maximum absolute atomic E-state index is 13.0. The molecule has 4 nitrogen and oxygen atoms in total. The normalized spacial score (nSPS) is 15.4. The van der Waals surface area contributed by atoms with Crippen LogP contribution in [0, 0.1) is 11.7 Å². The van der Waals surface area contributed by atoms with Crippen LogP contribution in [0.5, 0.6) is 0 Å². The zero-order valence-electron chi connectivity index (χ0n) is 15.6. The first-order chi connectivity index (χ1) is 13.5. The number of Topliss-reactive ketones (excluding diaryl/α,β-unsaturated/α-hetero) is 1. The molecule has 8 heteroatoms. The molecule has 0 aliphatic carbocycles. The van der Waals surface area contributed by atoms with Gasteiger partial charge in [0.2, 0.25) is 0 Å². The van der Waals surface area contributed by atoms with Crippen LogP contribution in [-0.4, -0.2) is 34.9 Å². The summed E-state index contributed by atoms with van der Waals surface area (Å²) in [5.41, 5.74) is 1.44. The van der Waals surface area contributed by atoms with Gasteiger partial charge in [0.15, 0.2) is 5.78 Å². The molecular weight excluding hydrogens is 434 g/mol. The number of thiazole rings is 1. The molecule has 2 heterocycles. The zero-order chi connectivity index (χ0) is 19.7. The number of hydrogen-bond acceptors (Lipinski definition) is 4. The van der Waals surface area contributed by atoms with E-state index in [1.54, 1.807) is 6.07 Å². The summed E-state index contributed by atoms with van der Waals surface area (Å²) >= 11 is 7.35. The number of carbonyl (C=O) groups excluding carboxylic acids is 1. The summed E-state index contributed by atoms with van der Waals surface area (Å²) in [7, 11) is 0. The van der Waals surface area contributed by atoms with E-state index in [-0.39, 0.29) is 28.9 Å². The highest BCUT2D eigenvalue weighted by molar-refractivity contribution is 7.16. The highest BCUT2D eigenvalue weighted by Crippen LogP contribution is 2.25. The van der Waals surface area contributed by atoms with Crippen LogP contribution in [0.2, 0.25) is 5.02 Å². The number of rotatable bonds is 5. The average Bonchev–Trinajstić information content (AvgIpc) is 2.98. The van der Waals surface area contributed by atoms with Crippen LogP contribution in [0.15, 0.2) is 47.3 Å². The van der Waals surface area contributed by atoms with E-state index in [1.807, 2.05) is 16.7 Å². The third-order valence-corrected chi connectivity index (χ3v) is 6.51. The van der Waals surface area contributed by atoms with Gasteiger partial charge in [0.1, 0.15) is 5.82 Å². The van der Waals surface area contributed by atoms with Gasteiger partial charge < -0.3 is 0 Å². The van der Waals surface area contributed by atoms with Gasteiger partial charge in [0.25, 0.3) is 0 Å². The first-order valence-corrected chi connectivity index (χ1v) is 10.5. The molecule has 0 atom stereocenters. The molecule has 0 bridgehead atoms. The van der Waals surface area contributed by atoms with Crippen molar-refractivity contribution in [1.29, 1.82) is 0 Å². The number of halogens is 3. The van der Waals surface area contributed by atoms with Gasteiger partial charge in [-0.25, -0.2) is 4.39 Å². The molecule has 154 valence electrons. The molecule has 1 aliphatic heterocycles. The first-order valence-electron chi connectivity index (χ1n) is 9.29. The Hall–Kier alpha value is -1.73. The molecule has 2 aromatic carbocycles. The molecule has 0 radical (unpaired) electrons. The highest BCUT2D eigenvalue weighted by atomic mass is 35.5. The molecule has 1 aliphatic rings. The lowest BCUT2D eigenvalue weighted by atomic mass is 9.96. The number of hydrogen-bond donors (Lipinski definition) is 0. The minimum absolute atomic E-state index is 0. The number of likely N-dealkylation sites (tertiary alicyclic amines) is 1. The molecule has 1 saturated heterocycles. The molecule has 0 spiro atoms. The number of aromatic nitrogens is 1. The lowest BCUT2D eigenvalue weighted by Gasteiger charge is -2.31. The Kier molecular flexibility index (Phi) is 7.11. The van der Waals surface area contributed by atoms with Crippen molar-refractivity contribution in [3.8, 4) is 0 Å². The van der Waals surface area contributed by atoms with Crippen molar-refractivity contribution in [1.82, 2.24) is 9.47 Å². The molecule has 0 saturated carbocycles. The first kappa shape index (κ1) is 22.0. The van der Waals surface area contributed by atoms with Crippen molar-refractivity contribution in [2.75, 3.05) is 19.6 Å². The van der Waals surface area contributed by atoms with E-state index in [4.69, 9.17) is 11.6 Å². The van der Waals surface area contributed by atoms with Gasteiger partial charge >= 0.3 is 4.87 Å². The summed E-state index contributed by atoms with van der Waals surface area (Å²) in [6, 6.07) is 11.2. The Morgan fingerprint density at radius 1 is 1.14 bits per heavy atom. The second-order valence-corrected chi connectivity index (χ2v) is 8.67. The molecule has 3 aromatic rings. The fourth-order valence-electron chi connectivity index (χ4n) is 3.72. The molecule has 0 unspecified atom stereocenters. The van der Waals surface area contributed by atoms with E-state index < -0.39 is 0 Å². The van der Waals surface area contributed by atoms with Crippen molar-refractivity contribution in [2.45, 2.75) is 19.4 Å². The second kappa shape index (κ2) is 9.39. The van der Waals surface area contributed by atoms with Crippen molar-refractivity contribution in [3.63, 3.8) is 0 Å². The predicted molar refractivity (Wildman–Crippen MR) is 118 cm³/mol. The van der Waals surface area contributed by atoms with Crippen molar-refractivity contribution in [3.05, 3.63) is 68.5 Å². The number of piperidine rings is 1. The van der Waals surface area contributed by atoms with E-state index in [9.17, 15) is 14.0 Å². The Balaban J connectivity index is 0.00000240. The summed E-state index contributed by atoms with van der Waals surface area (Å²) < 4.78 is 15.8. The van der Waals surface area contributed by atoms with Gasteiger partial charge in [0, 0.05) is 17.1 Å². The van der Waals surface area contributed by atoms with Gasteiger partial charge in [0.05, 0.1) is 16.8 Å². The van der Waals surface area contributed by atoms with Crippen LogP contribution >= 0.6 is 35.3 Å². The lowest BCUT2D eigenvalue weighted by Crippen LogP contribution is -2.38. The molecular formula is C21H21Cl2FN2O2S.